The Kier molecular flexibility index (Phi) is 7.83. The summed E-state index contributed by atoms with van der Waals surface area (Å²) in [5, 5.41) is 10.8. The van der Waals surface area contributed by atoms with Crippen molar-refractivity contribution in [3.8, 4) is 11.5 Å². The van der Waals surface area contributed by atoms with E-state index in [2.05, 4.69) is 9.97 Å². The highest BCUT2D eigenvalue weighted by Gasteiger charge is 2.48. The molecule has 0 saturated carbocycles. The van der Waals surface area contributed by atoms with Gasteiger partial charge in [0, 0.05) is 6.20 Å². The molecule has 40 heavy (non-hydrogen) atoms. The molecule has 3 N–H and O–H groups in total. The maximum absolute atomic E-state index is 15.3. The van der Waals surface area contributed by atoms with Crippen LogP contribution < -0.4 is 20.7 Å². The SMILES string of the molecule is COc1ccc(C(OC[C@H]2O[C@@H](c3c[nH]c(=O)[nH]c3=O)[C@H](F)[C@@H]2O)(c2ccccc2)c2ccc(OC)cc2)cc1. The molecule has 1 aliphatic heterocycles. The van der Waals surface area contributed by atoms with Crippen molar-refractivity contribution in [2.24, 2.45) is 0 Å². The third-order valence-electron chi connectivity index (χ3n) is 7.11. The smallest absolute Gasteiger partial charge is 0.325 e. The highest BCUT2D eigenvalue weighted by molar-refractivity contribution is 5.49. The summed E-state index contributed by atoms with van der Waals surface area (Å²) in [5.74, 6) is 1.31. The van der Waals surface area contributed by atoms with Gasteiger partial charge in [0.2, 0.25) is 0 Å². The van der Waals surface area contributed by atoms with E-state index in [9.17, 15) is 14.7 Å². The van der Waals surface area contributed by atoms with E-state index >= 15 is 4.39 Å². The lowest BCUT2D eigenvalue weighted by Crippen LogP contribution is -2.39. The molecule has 1 saturated heterocycles. The first-order valence-electron chi connectivity index (χ1n) is 12.7. The van der Waals surface area contributed by atoms with Gasteiger partial charge in [0.05, 0.1) is 26.4 Å². The Bertz CT molecular complexity index is 1490. The number of ether oxygens (including phenoxy) is 4. The molecule has 1 fully saturated rings. The third-order valence-corrected chi connectivity index (χ3v) is 7.11. The summed E-state index contributed by atoms with van der Waals surface area (Å²) in [6.45, 7) is -0.230. The van der Waals surface area contributed by atoms with Crippen LogP contribution in [0.5, 0.6) is 11.5 Å². The summed E-state index contributed by atoms with van der Waals surface area (Å²) in [6, 6.07) is 24.3. The standard InChI is InChI=1S/C30H29FN2O7/c1-37-21-12-8-19(9-13-21)30(18-6-4-3-5-7-18,20-10-14-22(38-2)15-11-20)39-17-24-26(34)25(31)27(40-24)23-16-32-29(36)33-28(23)35/h3-16,24-27,34H,17H2,1-2H3,(H2,32,33,35,36)/t24-,25-,26-,27+/m1/s1. The van der Waals surface area contributed by atoms with Gasteiger partial charge in [-0.1, -0.05) is 54.6 Å². The lowest BCUT2D eigenvalue weighted by Gasteiger charge is -2.37. The zero-order chi connectivity index (χ0) is 28.3. The number of aliphatic hydroxyl groups excluding tert-OH is 1. The summed E-state index contributed by atoms with van der Waals surface area (Å²) in [4.78, 5) is 28.1. The second kappa shape index (κ2) is 11.5. The molecule has 10 heteroatoms. The fourth-order valence-electron chi connectivity index (χ4n) is 5.02. The third kappa shape index (κ3) is 5.04. The quantitative estimate of drug-likeness (QED) is 0.275. The van der Waals surface area contributed by atoms with E-state index in [0.717, 1.165) is 22.9 Å². The van der Waals surface area contributed by atoms with Crippen molar-refractivity contribution in [3.63, 3.8) is 0 Å². The van der Waals surface area contributed by atoms with Crippen LogP contribution in [-0.2, 0) is 15.1 Å². The molecule has 0 unspecified atom stereocenters. The number of rotatable bonds is 9. The summed E-state index contributed by atoms with van der Waals surface area (Å²) < 4.78 is 38.5. The van der Waals surface area contributed by atoms with Crippen LogP contribution in [0.3, 0.4) is 0 Å². The molecule has 0 radical (unpaired) electrons. The molecule has 4 atom stereocenters. The predicted octanol–water partition coefficient (Wildman–Crippen LogP) is 3.23. The topological polar surface area (TPSA) is 123 Å². The molecule has 1 aliphatic rings. The summed E-state index contributed by atoms with van der Waals surface area (Å²) in [6.07, 6.45) is -4.93. The maximum atomic E-state index is 15.3. The number of aromatic amines is 2. The molecule has 0 spiro atoms. The van der Waals surface area contributed by atoms with Gasteiger partial charge in [0.1, 0.15) is 35.4 Å². The average molecular weight is 549 g/mol. The van der Waals surface area contributed by atoms with Crippen molar-refractivity contribution in [3.05, 3.63) is 128 Å². The molecular formula is C30H29FN2O7. The normalized spacial score (nSPS) is 20.8. The van der Waals surface area contributed by atoms with Gasteiger partial charge >= 0.3 is 5.69 Å². The van der Waals surface area contributed by atoms with E-state index in [1.165, 1.54) is 0 Å². The average Bonchev–Trinajstić information content (AvgIpc) is 3.27. The molecule has 0 amide bonds. The van der Waals surface area contributed by atoms with Crippen LogP contribution in [0, 0.1) is 0 Å². The Morgan fingerprint density at radius 3 is 1.95 bits per heavy atom. The van der Waals surface area contributed by atoms with Crippen LogP contribution in [0.2, 0.25) is 0 Å². The fraction of sp³-hybridized carbons (Fsp3) is 0.267. The molecule has 9 nitrogen and oxygen atoms in total. The van der Waals surface area contributed by atoms with Crippen molar-refractivity contribution >= 4 is 0 Å². The van der Waals surface area contributed by atoms with Gasteiger partial charge < -0.3 is 29.0 Å². The van der Waals surface area contributed by atoms with Crippen molar-refractivity contribution < 1.29 is 28.4 Å². The van der Waals surface area contributed by atoms with Gasteiger partial charge in [-0.05, 0) is 41.0 Å². The van der Waals surface area contributed by atoms with Gasteiger partial charge in [0.25, 0.3) is 5.56 Å². The van der Waals surface area contributed by atoms with Crippen LogP contribution in [0.25, 0.3) is 0 Å². The molecular weight excluding hydrogens is 519 g/mol. The van der Waals surface area contributed by atoms with E-state index in [-0.39, 0.29) is 12.2 Å². The van der Waals surface area contributed by atoms with Crippen LogP contribution >= 0.6 is 0 Å². The van der Waals surface area contributed by atoms with Crippen LogP contribution in [0.4, 0.5) is 4.39 Å². The second-order valence-electron chi connectivity index (χ2n) is 9.37. The Morgan fingerprint density at radius 2 is 1.43 bits per heavy atom. The van der Waals surface area contributed by atoms with Gasteiger partial charge in [-0.2, -0.15) is 0 Å². The monoisotopic (exact) mass is 548 g/mol. The highest BCUT2D eigenvalue weighted by Crippen LogP contribution is 2.43. The number of hydrogen-bond donors (Lipinski definition) is 3. The Hall–Kier alpha value is -4.25. The second-order valence-corrected chi connectivity index (χ2v) is 9.37. The lowest BCUT2D eigenvalue weighted by atomic mass is 9.80. The largest absolute Gasteiger partial charge is 0.497 e. The molecule has 0 bridgehead atoms. The summed E-state index contributed by atoms with van der Waals surface area (Å²) >= 11 is 0. The minimum atomic E-state index is -1.92. The summed E-state index contributed by atoms with van der Waals surface area (Å²) in [7, 11) is 3.16. The first kappa shape index (κ1) is 27.3. The first-order valence-corrected chi connectivity index (χ1v) is 12.7. The van der Waals surface area contributed by atoms with E-state index in [0.29, 0.717) is 11.5 Å². The number of H-pyrrole nitrogens is 2. The minimum absolute atomic E-state index is 0.131. The van der Waals surface area contributed by atoms with E-state index in [1.54, 1.807) is 14.2 Å². The maximum Gasteiger partial charge on any atom is 0.325 e. The van der Waals surface area contributed by atoms with Crippen molar-refractivity contribution in [2.45, 2.75) is 30.1 Å². The van der Waals surface area contributed by atoms with E-state index in [4.69, 9.17) is 18.9 Å². The number of methoxy groups -OCH3 is 2. The van der Waals surface area contributed by atoms with Gasteiger partial charge in [-0.25, -0.2) is 9.18 Å². The van der Waals surface area contributed by atoms with Crippen molar-refractivity contribution in [2.75, 3.05) is 20.8 Å². The van der Waals surface area contributed by atoms with E-state index < -0.39 is 41.3 Å². The zero-order valence-electron chi connectivity index (χ0n) is 21.9. The number of halogens is 1. The number of alkyl halides is 1. The van der Waals surface area contributed by atoms with Gasteiger partial charge in [-0.15, -0.1) is 0 Å². The number of aliphatic hydroxyl groups is 1. The summed E-state index contributed by atoms with van der Waals surface area (Å²) in [5.41, 5.74) is -0.571. The van der Waals surface area contributed by atoms with Crippen LogP contribution in [0.15, 0.2) is 94.6 Å². The Balaban J connectivity index is 1.56. The predicted molar refractivity (Wildman–Crippen MR) is 144 cm³/mol. The fourth-order valence-corrected chi connectivity index (χ4v) is 5.02. The molecule has 1 aromatic heterocycles. The number of aromatic nitrogens is 2. The molecule has 5 rings (SSSR count). The van der Waals surface area contributed by atoms with Crippen LogP contribution in [-0.4, -0.2) is 54.3 Å². The highest BCUT2D eigenvalue weighted by atomic mass is 19.1. The number of nitrogens with one attached hydrogen (secondary N) is 2. The molecule has 3 aromatic carbocycles. The minimum Gasteiger partial charge on any atom is -0.497 e. The lowest BCUT2D eigenvalue weighted by molar-refractivity contribution is -0.0830. The molecule has 2 heterocycles. The Morgan fingerprint density at radius 1 is 0.875 bits per heavy atom. The van der Waals surface area contributed by atoms with Crippen molar-refractivity contribution in [1.29, 1.82) is 0 Å². The number of benzene rings is 3. The van der Waals surface area contributed by atoms with Crippen molar-refractivity contribution in [1.82, 2.24) is 9.97 Å². The molecule has 208 valence electrons. The zero-order valence-corrected chi connectivity index (χ0v) is 21.9. The number of hydrogen-bond acceptors (Lipinski definition) is 7. The molecule has 4 aromatic rings. The molecule has 0 aliphatic carbocycles. The Labute approximate surface area is 229 Å². The van der Waals surface area contributed by atoms with Gasteiger partial charge in [-0.3, -0.25) is 9.78 Å². The van der Waals surface area contributed by atoms with Gasteiger partial charge in [0.15, 0.2) is 6.17 Å². The van der Waals surface area contributed by atoms with E-state index in [1.807, 2.05) is 78.9 Å². The first-order chi connectivity index (χ1) is 19.4. The van der Waals surface area contributed by atoms with Crippen LogP contribution in [0.1, 0.15) is 28.4 Å².